The van der Waals surface area contributed by atoms with Crippen molar-refractivity contribution < 1.29 is 15.1 Å². The first-order valence-corrected chi connectivity index (χ1v) is 6.96. The van der Waals surface area contributed by atoms with Gasteiger partial charge in [-0.3, -0.25) is 4.79 Å². The molecule has 2 N–H and O–H groups in total. The van der Waals surface area contributed by atoms with Crippen LogP contribution in [-0.4, -0.2) is 26.6 Å². The first-order valence-electron chi connectivity index (χ1n) is 6.15. The lowest BCUT2D eigenvalue weighted by atomic mass is 10.2. The number of fused-ring (bicyclic) bond motifs is 1. The van der Waals surface area contributed by atoms with E-state index in [1.165, 1.54) is 17.5 Å². The molecule has 2 aromatic heterocycles. The maximum atomic E-state index is 12.2. The van der Waals surface area contributed by atoms with E-state index in [9.17, 15) is 9.59 Å². The largest absolute Gasteiger partial charge is 0.477 e. The summed E-state index contributed by atoms with van der Waals surface area (Å²) in [5.74, 6) is -1.24. The monoisotopic (exact) mass is 294 g/mol. The van der Waals surface area contributed by atoms with Crippen LogP contribution in [-0.2, 0) is 6.54 Å². The summed E-state index contributed by atoms with van der Waals surface area (Å²) in [5.41, 5.74) is -0.277. The Morgan fingerprint density at radius 1 is 1.45 bits per heavy atom. The highest BCUT2D eigenvalue weighted by Crippen LogP contribution is 2.25. The zero-order valence-electron chi connectivity index (χ0n) is 11.1. The first kappa shape index (κ1) is 14.3. The molecule has 0 fully saturated rings. The fourth-order valence-corrected chi connectivity index (χ4v) is 3.25. The van der Waals surface area contributed by atoms with Crippen LogP contribution in [0.15, 0.2) is 22.2 Å². The number of thiophene rings is 1. The molecule has 2 rings (SSSR count). The van der Waals surface area contributed by atoms with Crippen molar-refractivity contribution in [2.45, 2.75) is 26.8 Å². The van der Waals surface area contributed by atoms with Gasteiger partial charge in [0, 0.05) is 12.7 Å². The summed E-state index contributed by atoms with van der Waals surface area (Å²) in [5, 5.41) is 21.6. The smallest absolute Gasteiger partial charge is 0.341 e. The molecule has 0 amide bonds. The number of carboxylic acids is 1. The van der Waals surface area contributed by atoms with Gasteiger partial charge in [-0.15, -0.1) is 11.3 Å². The molecule has 106 valence electrons. The molecular weight excluding hydrogens is 280 g/mol. The average Bonchev–Trinajstić information content (AvgIpc) is 2.86. The Morgan fingerprint density at radius 3 is 2.65 bits per heavy atom. The highest BCUT2D eigenvalue weighted by atomic mass is 32.1. The van der Waals surface area contributed by atoms with Gasteiger partial charge in [-0.25, -0.2) is 4.79 Å². The lowest BCUT2D eigenvalue weighted by molar-refractivity contribution is 0.0695. The molecule has 0 saturated carbocycles. The number of aromatic nitrogens is 1. The molecule has 2 aromatic rings. The topological polar surface area (TPSA) is 91.9 Å². The molecule has 0 saturated heterocycles. The number of hydrogen-bond acceptors (Lipinski definition) is 5. The van der Waals surface area contributed by atoms with Crippen molar-refractivity contribution in [2.75, 3.05) is 0 Å². The van der Waals surface area contributed by atoms with E-state index in [1.54, 1.807) is 10.6 Å². The number of aromatic carboxylic acids is 1. The molecule has 0 aliphatic rings. The van der Waals surface area contributed by atoms with Crippen LogP contribution in [0.3, 0.4) is 0 Å². The average molecular weight is 294 g/mol. The Labute approximate surface area is 118 Å². The molecule has 0 aromatic carbocycles. The number of carbonyl (C=O) groups is 1. The molecule has 2 heterocycles. The van der Waals surface area contributed by atoms with E-state index in [1.807, 2.05) is 13.8 Å². The molecule has 0 bridgehead atoms. The van der Waals surface area contributed by atoms with Crippen LogP contribution in [0.5, 0.6) is 0 Å². The molecule has 0 aliphatic heterocycles. The zero-order chi connectivity index (χ0) is 14.9. The first-order chi connectivity index (χ1) is 9.53. The molecule has 0 spiro atoms. The third-order valence-corrected chi connectivity index (χ3v) is 4.28. The van der Waals surface area contributed by atoms with Crippen LogP contribution in [0.1, 0.15) is 35.5 Å². The van der Waals surface area contributed by atoms with Gasteiger partial charge >= 0.3 is 5.97 Å². The summed E-state index contributed by atoms with van der Waals surface area (Å²) >= 11 is 1.32. The van der Waals surface area contributed by atoms with Crippen molar-refractivity contribution in [3.05, 3.63) is 32.9 Å². The molecule has 0 aliphatic carbocycles. The van der Waals surface area contributed by atoms with Gasteiger partial charge in [0.25, 0.3) is 0 Å². The maximum Gasteiger partial charge on any atom is 0.341 e. The number of aryl methyl sites for hydroxylation is 1. The summed E-state index contributed by atoms with van der Waals surface area (Å²) in [7, 11) is 0. The highest BCUT2D eigenvalue weighted by Gasteiger charge is 2.17. The van der Waals surface area contributed by atoms with Crippen LogP contribution in [0.2, 0.25) is 0 Å². The van der Waals surface area contributed by atoms with Crippen molar-refractivity contribution in [2.24, 2.45) is 5.16 Å². The molecular formula is C13H14N2O4S. The van der Waals surface area contributed by atoms with Gasteiger partial charge in [0.2, 0.25) is 5.43 Å². The lowest BCUT2D eigenvalue weighted by Crippen LogP contribution is -2.17. The lowest BCUT2D eigenvalue weighted by Gasteiger charge is -2.05. The normalized spacial score (nSPS) is 12.0. The van der Waals surface area contributed by atoms with Crippen molar-refractivity contribution in [3.63, 3.8) is 0 Å². The summed E-state index contributed by atoms with van der Waals surface area (Å²) < 4.78 is 1.72. The number of pyridine rings is 1. The van der Waals surface area contributed by atoms with Gasteiger partial charge in [-0.05, 0) is 19.4 Å². The van der Waals surface area contributed by atoms with Crippen LogP contribution >= 0.6 is 11.3 Å². The Balaban J connectivity index is 2.82. The third kappa shape index (κ3) is 2.20. The summed E-state index contributed by atoms with van der Waals surface area (Å²) in [6.45, 7) is 4.26. The van der Waals surface area contributed by atoms with Gasteiger partial charge in [-0.1, -0.05) is 12.1 Å². The minimum atomic E-state index is -1.24. The van der Waals surface area contributed by atoms with E-state index in [0.717, 1.165) is 0 Å². The summed E-state index contributed by atoms with van der Waals surface area (Å²) in [6.07, 6.45) is 1.88. The molecule has 0 unspecified atom stereocenters. The SMILES string of the molecule is CC/C(=N/O)c1cc2c(=O)c(C(=O)O)cn(CC)c2s1. The van der Waals surface area contributed by atoms with Crippen molar-refractivity contribution in [1.82, 2.24) is 4.57 Å². The standard InChI is InChI=1S/C13H14N2O4S/c1-3-9(14-19)10-5-7-11(16)8(13(17)18)6-15(4-2)12(7)20-10/h5-6,19H,3-4H2,1-2H3,(H,17,18)/b14-9-. The van der Waals surface area contributed by atoms with Gasteiger partial charge in [-0.2, -0.15) is 0 Å². The van der Waals surface area contributed by atoms with Crippen LogP contribution < -0.4 is 5.43 Å². The van der Waals surface area contributed by atoms with E-state index in [-0.39, 0.29) is 5.56 Å². The van der Waals surface area contributed by atoms with Crippen LogP contribution in [0.25, 0.3) is 10.2 Å². The van der Waals surface area contributed by atoms with Crippen LogP contribution in [0, 0.1) is 0 Å². The summed E-state index contributed by atoms with van der Waals surface area (Å²) in [6, 6.07) is 1.60. The van der Waals surface area contributed by atoms with E-state index in [2.05, 4.69) is 5.16 Å². The Morgan fingerprint density at radius 2 is 2.15 bits per heavy atom. The van der Waals surface area contributed by atoms with E-state index in [0.29, 0.717) is 33.8 Å². The second-order valence-electron chi connectivity index (χ2n) is 4.19. The number of carboxylic acid groups (broad SMARTS) is 1. The van der Waals surface area contributed by atoms with Gasteiger partial charge < -0.3 is 14.9 Å². The minimum Gasteiger partial charge on any atom is -0.477 e. The highest BCUT2D eigenvalue weighted by molar-refractivity contribution is 7.20. The second-order valence-corrected chi connectivity index (χ2v) is 5.22. The Bertz CT molecular complexity index is 758. The maximum absolute atomic E-state index is 12.2. The Kier molecular flexibility index (Phi) is 3.89. The third-order valence-electron chi connectivity index (χ3n) is 3.06. The van der Waals surface area contributed by atoms with Gasteiger partial charge in [0.05, 0.1) is 16.0 Å². The quantitative estimate of drug-likeness (QED) is 0.514. The fraction of sp³-hybridized carbons (Fsp3) is 0.308. The predicted octanol–water partition coefficient (Wildman–Crippen LogP) is 2.37. The number of nitrogens with zero attached hydrogens (tertiary/aromatic N) is 2. The van der Waals surface area contributed by atoms with Crippen molar-refractivity contribution in [1.29, 1.82) is 0 Å². The van der Waals surface area contributed by atoms with Crippen LogP contribution in [0.4, 0.5) is 0 Å². The van der Waals surface area contributed by atoms with Gasteiger partial charge in [0.1, 0.15) is 10.4 Å². The number of oxime groups is 1. The van der Waals surface area contributed by atoms with E-state index in [4.69, 9.17) is 10.3 Å². The van der Waals surface area contributed by atoms with Crippen molar-refractivity contribution in [3.8, 4) is 0 Å². The molecule has 0 radical (unpaired) electrons. The second kappa shape index (κ2) is 5.46. The molecule has 20 heavy (non-hydrogen) atoms. The van der Waals surface area contributed by atoms with E-state index >= 15 is 0 Å². The molecule has 0 atom stereocenters. The molecule has 7 heteroatoms. The predicted molar refractivity (Wildman–Crippen MR) is 77.3 cm³/mol. The Hall–Kier alpha value is -2.15. The zero-order valence-corrected chi connectivity index (χ0v) is 11.9. The minimum absolute atomic E-state index is 0.248. The van der Waals surface area contributed by atoms with Crippen molar-refractivity contribution >= 4 is 33.2 Å². The van der Waals surface area contributed by atoms with E-state index < -0.39 is 11.4 Å². The van der Waals surface area contributed by atoms with Gasteiger partial charge in [0.15, 0.2) is 0 Å². The fourth-order valence-electron chi connectivity index (χ4n) is 2.00. The molecule has 6 nitrogen and oxygen atoms in total. The number of hydrogen-bond donors (Lipinski definition) is 2. The number of rotatable bonds is 4. The summed E-state index contributed by atoms with van der Waals surface area (Å²) in [4.78, 5) is 24.6.